The van der Waals surface area contributed by atoms with Gasteiger partial charge in [0.2, 0.25) is 0 Å². The van der Waals surface area contributed by atoms with Crippen molar-refractivity contribution in [3.05, 3.63) is 46.5 Å². The molecule has 0 fully saturated rings. The third-order valence-electron chi connectivity index (χ3n) is 3.66. The van der Waals surface area contributed by atoms with Crippen LogP contribution in [-0.2, 0) is 18.3 Å². The van der Waals surface area contributed by atoms with Crippen molar-refractivity contribution in [2.75, 3.05) is 7.11 Å². The number of carbonyl (C=O) groups excluding carboxylic acids is 2. The highest BCUT2D eigenvalue weighted by Crippen LogP contribution is 2.20. The SMILES string of the molecule is CCn1c(=NC(=O)c2ccnn2C)sc2cc(C(=O)OC)ccc21. The summed E-state index contributed by atoms with van der Waals surface area (Å²) in [7, 11) is 3.05. The predicted molar refractivity (Wildman–Crippen MR) is 89.9 cm³/mol. The Bertz CT molecular complexity index is 996. The van der Waals surface area contributed by atoms with Crippen LogP contribution in [0.2, 0.25) is 0 Å². The zero-order valence-corrected chi connectivity index (χ0v) is 14.3. The predicted octanol–water partition coefficient (Wildman–Crippen LogP) is 1.98. The Hall–Kier alpha value is -2.74. The van der Waals surface area contributed by atoms with E-state index in [0.29, 0.717) is 22.6 Å². The number of benzene rings is 1. The molecule has 0 atom stereocenters. The smallest absolute Gasteiger partial charge is 0.337 e. The number of aryl methyl sites for hydroxylation is 2. The fraction of sp³-hybridized carbons (Fsp3) is 0.250. The second-order valence-corrected chi connectivity index (χ2v) is 6.07. The van der Waals surface area contributed by atoms with Gasteiger partial charge >= 0.3 is 5.97 Å². The Balaban J connectivity index is 2.14. The van der Waals surface area contributed by atoms with Gasteiger partial charge in [0.05, 0.1) is 22.9 Å². The van der Waals surface area contributed by atoms with Gasteiger partial charge < -0.3 is 9.30 Å². The molecule has 124 valence electrons. The summed E-state index contributed by atoms with van der Waals surface area (Å²) in [6.45, 7) is 2.64. The van der Waals surface area contributed by atoms with Crippen LogP contribution in [0.15, 0.2) is 35.5 Å². The van der Waals surface area contributed by atoms with Gasteiger partial charge in [-0.2, -0.15) is 10.1 Å². The second-order valence-electron chi connectivity index (χ2n) is 5.06. The van der Waals surface area contributed by atoms with Crippen molar-refractivity contribution in [1.82, 2.24) is 14.3 Å². The molecule has 7 nitrogen and oxygen atoms in total. The first-order valence-corrected chi connectivity index (χ1v) is 8.15. The van der Waals surface area contributed by atoms with Crippen LogP contribution in [0.25, 0.3) is 10.2 Å². The fourth-order valence-corrected chi connectivity index (χ4v) is 3.57. The molecule has 3 rings (SSSR count). The first kappa shape index (κ1) is 16.1. The van der Waals surface area contributed by atoms with Crippen molar-refractivity contribution in [2.45, 2.75) is 13.5 Å². The van der Waals surface area contributed by atoms with E-state index in [9.17, 15) is 9.59 Å². The maximum Gasteiger partial charge on any atom is 0.337 e. The number of methoxy groups -OCH3 is 1. The first-order valence-electron chi connectivity index (χ1n) is 7.34. The molecule has 0 saturated heterocycles. The molecule has 3 aromatic rings. The molecule has 2 heterocycles. The van der Waals surface area contributed by atoms with Crippen LogP contribution in [0.4, 0.5) is 0 Å². The number of amides is 1. The molecule has 8 heteroatoms. The van der Waals surface area contributed by atoms with E-state index < -0.39 is 5.97 Å². The van der Waals surface area contributed by atoms with Crippen LogP contribution >= 0.6 is 11.3 Å². The number of hydrogen-bond donors (Lipinski definition) is 0. The van der Waals surface area contributed by atoms with E-state index in [0.717, 1.165) is 10.2 Å². The number of thiazole rings is 1. The molecule has 0 N–H and O–H groups in total. The summed E-state index contributed by atoms with van der Waals surface area (Å²) in [5.41, 5.74) is 1.82. The van der Waals surface area contributed by atoms with Crippen LogP contribution in [0.5, 0.6) is 0 Å². The topological polar surface area (TPSA) is 78.5 Å². The molecule has 0 spiro atoms. The van der Waals surface area contributed by atoms with Gasteiger partial charge in [0.25, 0.3) is 5.91 Å². The molecule has 0 unspecified atom stereocenters. The van der Waals surface area contributed by atoms with Crippen molar-refractivity contribution in [1.29, 1.82) is 0 Å². The molecular weight excluding hydrogens is 328 g/mol. The third-order valence-corrected chi connectivity index (χ3v) is 4.70. The Labute approximate surface area is 141 Å². The lowest BCUT2D eigenvalue weighted by Crippen LogP contribution is -2.17. The van der Waals surface area contributed by atoms with E-state index >= 15 is 0 Å². The van der Waals surface area contributed by atoms with Crippen molar-refractivity contribution in [3.8, 4) is 0 Å². The van der Waals surface area contributed by atoms with Gasteiger partial charge in [0, 0.05) is 19.8 Å². The molecule has 24 heavy (non-hydrogen) atoms. The number of aromatic nitrogens is 3. The Kier molecular flexibility index (Phi) is 4.30. The lowest BCUT2D eigenvalue weighted by Gasteiger charge is -2.02. The maximum atomic E-state index is 12.4. The van der Waals surface area contributed by atoms with Crippen LogP contribution in [0.3, 0.4) is 0 Å². The number of fused-ring (bicyclic) bond motifs is 1. The van der Waals surface area contributed by atoms with Gasteiger partial charge in [-0.25, -0.2) is 4.79 Å². The van der Waals surface area contributed by atoms with Gasteiger partial charge in [-0.05, 0) is 31.2 Å². The highest BCUT2D eigenvalue weighted by molar-refractivity contribution is 7.16. The van der Waals surface area contributed by atoms with Crippen molar-refractivity contribution < 1.29 is 14.3 Å². The van der Waals surface area contributed by atoms with Crippen molar-refractivity contribution in [3.63, 3.8) is 0 Å². The summed E-state index contributed by atoms with van der Waals surface area (Å²) in [5.74, 6) is -0.741. The minimum Gasteiger partial charge on any atom is -0.465 e. The summed E-state index contributed by atoms with van der Waals surface area (Å²) in [6.07, 6.45) is 1.56. The Morgan fingerprint density at radius 3 is 2.75 bits per heavy atom. The van der Waals surface area contributed by atoms with E-state index in [1.807, 2.05) is 17.6 Å². The van der Waals surface area contributed by atoms with Gasteiger partial charge in [0.1, 0.15) is 5.69 Å². The quantitative estimate of drug-likeness (QED) is 0.681. The largest absolute Gasteiger partial charge is 0.465 e. The number of rotatable bonds is 3. The van der Waals surface area contributed by atoms with Gasteiger partial charge in [0.15, 0.2) is 4.80 Å². The highest BCUT2D eigenvalue weighted by atomic mass is 32.1. The monoisotopic (exact) mass is 344 g/mol. The maximum absolute atomic E-state index is 12.4. The molecule has 0 bridgehead atoms. The van der Waals surface area contributed by atoms with Crippen LogP contribution in [-0.4, -0.2) is 33.3 Å². The number of esters is 1. The summed E-state index contributed by atoms with van der Waals surface area (Å²) >= 11 is 1.36. The first-order chi connectivity index (χ1) is 11.5. The standard InChI is InChI=1S/C16H16N4O3S/c1-4-20-11-6-5-10(15(22)23-3)9-13(11)24-16(20)18-14(21)12-7-8-17-19(12)2/h5-9H,4H2,1-3H3. The van der Waals surface area contributed by atoms with E-state index in [-0.39, 0.29) is 5.91 Å². The third kappa shape index (κ3) is 2.76. The second kappa shape index (κ2) is 6.40. The molecule has 0 saturated carbocycles. The molecular formula is C16H16N4O3S. The van der Waals surface area contributed by atoms with Crippen molar-refractivity contribution in [2.24, 2.45) is 12.0 Å². The van der Waals surface area contributed by atoms with E-state index in [1.54, 1.807) is 31.4 Å². The minimum absolute atomic E-state index is 0.350. The highest BCUT2D eigenvalue weighted by Gasteiger charge is 2.13. The number of nitrogens with zero attached hydrogens (tertiary/aromatic N) is 4. The fourth-order valence-electron chi connectivity index (χ4n) is 2.44. The molecule has 0 aliphatic carbocycles. The molecule has 0 radical (unpaired) electrons. The lowest BCUT2D eigenvalue weighted by molar-refractivity contribution is 0.0601. The average Bonchev–Trinajstić information content (AvgIpc) is 3.15. The lowest BCUT2D eigenvalue weighted by atomic mass is 10.2. The van der Waals surface area contributed by atoms with Gasteiger partial charge in [-0.1, -0.05) is 11.3 Å². The molecule has 1 amide bonds. The number of ether oxygens (including phenoxy) is 1. The summed E-state index contributed by atoms with van der Waals surface area (Å²) in [6, 6.07) is 6.94. The van der Waals surface area contributed by atoms with Gasteiger partial charge in [-0.15, -0.1) is 0 Å². The van der Waals surface area contributed by atoms with E-state index in [1.165, 1.54) is 23.1 Å². The zero-order chi connectivity index (χ0) is 17.3. The number of carbonyl (C=O) groups is 2. The van der Waals surface area contributed by atoms with Crippen LogP contribution in [0.1, 0.15) is 27.8 Å². The summed E-state index contributed by atoms with van der Waals surface area (Å²) in [5, 5.41) is 3.99. The molecule has 1 aromatic carbocycles. The summed E-state index contributed by atoms with van der Waals surface area (Å²) in [4.78, 5) is 28.8. The van der Waals surface area contributed by atoms with Gasteiger partial charge in [-0.3, -0.25) is 9.48 Å². The Morgan fingerprint density at radius 1 is 1.33 bits per heavy atom. The van der Waals surface area contributed by atoms with E-state index in [2.05, 4.69) is 10.1 Å². The molecule has 0 aliphatic heterocycles. The normalized spacial score (nSPS) is 11.9. The zero-order valence-electron chi connectivity index (χ0n) is 13.5. The van der Waals surface area contributed by atoms with Crippen molar-refractivity contribution >= 4 is 33.4 Å². The molecule has 0 aliphatic rings. The van der Waals surface area contributed by atoms with Crippen LogP contribution < -0.4 is 4.80 Å². The number of hydrogen-bond acceptors (Lipinski definition) is 5. The minimum atomic E-state index is -0.391. The Morgan fingerprint density at radius 2 is 2.12 bits per heavy atom. The average molecular weight is 344 g/mol. The summed E-state index contributed by atoms with van der Waals surface area (Å²) < 4.78 is 9.05. The van der Waals surface area contributed by atoms with Crippen LogP contribution in [0, 0.1) is 0 Å². The molecule has 2 aromatic heterocycles. The van der Waals surface area contributed by atoms with E-state index in [4.69, 9.17) is 4.74 Å².